The van der Waals surface area contributed by atoms with Crippen LogP contribution in [0.5, 0.6) is 0 Å². The second kappa shape index (κ2) is 4.67. The first-order valence-corrected chi connectivity index (χ1v) is 6.84. The van der Waals surface area contributed by atoms with Gasteiger partial charge in [0.1, 0.15) is 0 Å². The molecule has 2 rings (SSSR count). The molecule has 2 atom stereocenters. The third-order valence-electron chi connectivity index (χ3n) is 4.19. The molecule has 1 saturated heterocycles. The Bertz CT molecular complexity index is 393. The summed E-state index contributed by atoms with van der Waals surface area (Å²) in [5.74, 6) is 0. The van der Waals surface area contributed by atoms with Gasteiger partial charge >= 0.3 is 0 Å². The summed E-state index contributed by atoms with van der Waals surface area (Å²) in [4.78, 5) is 2.50. The minimum atomic E-state index is 0.0672. The number of piperazine rings is 1. The summed E-state index contributed by atoms with van der Waals surface area (Å²) in [5, 5.41) is 3.76. The summed E-state index contributed by atoms with van der Waals surface area (Å²) in [6.45, 7) is 11.4. The summed E-state index contributed by atoms with van der Waals surface area (Å²) in [6, 6.07) is 11.4. The molecule has 2 heteroatoms. The maximum atomic E-state index is 3.76. The van der Waals surface area contributed by atoms with Gasteiger partial charge in [-0.15, -0.1) is 0 Å². The second-order valence-corrected chi connectivity index (χ2v) is 6.88. The first-order valence-electron chi connectivity index (χ1n) is 6.84. The number of hydrogen-bond acceptors (Lipinski definition) is 2. The number of nitrogens with zero attached hydrogens (tertiary/aromatic N) is 1. The lowest BCUT2D eigenvalue weighted by atomic mass is 9.80. The number of nitrogens with one attached hydrogen (secondary N) is 1. The third kappa shape index (κ3) is 2.60. The Hall–Kier alpha value is -0.860. The predicted octanol–water partition coefficient (Wildman–Crippen LogP) is 2.85. The summed E-state index contributed by atoms with van der Waals surface area (Å²) in [6.07, 6.45) is 0. The molecule has 18 heavy (non-hydrogen) atoms. The molecule has 0 amide bonds. The predicted molar refractivity (Wildman–Crippen MR) is 77.7 cm³/mol. The molecule has 1 aromatic rings. The van der Waals surface area contributed by atoms with E-state index in [0.717, 1.165) is 13.1 Å². The summed E-state index contributed by atoms with van der Waals surface area (Å²) in [5.41, 5.74) is 1.77. The number of likely N-dealkylation sites (N-methyl/N-ethyl adjacent to an activating group) is 1. The SMILES string of the molecule is CN1CC(C)(c2ccccc2)NCC1C(C)(C)C. The average Bonchev–Trinajstić information content (AvgIpc) is 2.28. The fraction of sp³-hybridized carbons (Fsp3) is 0.625. The van der Waals surface area contributed by atoms with Crippen LogP contribution in [-0.2, 0) is 5.54 Å². The molecule has 1 N–H and O–H groups in total. The number of hydrogen-bond donors (Lipinski definition) is 1. The largest absolute Gasteiger partial charge is 0.305 e. The molecule has 0 radical (unpaired) electrons. The van der Waals surface area contributed by atoms with Gasteiger partial charge in [-0.25, -0.2) is 0 Å². The zero-order valence-electron chi connectivity index (χ0n) is 12.3. The highest BCUT2D eigenvalue weighted by molar-refractivity contribution is 5.25. The van der Waals surface area contributed by atoms with Crippen molar-refractivity contribution in [2.24, 2.45) is 5.41 Å². The van der Waals surface area contributed by atoms with Crippen molar-refractivity contribution in [2.45, 2.75) is 39.3 Å². The van der Waals surface area contributed by atoms with Crippen LogP contribution in [0.15, 0.2) is 30.3 Å². The van der Waals surface area contributed by atoms with Gasteiger partial charge in [0.2, 0.25) is 0 Å². The van der Waals surface area contributed by atoms with Crippen molar-refractivity contribution in [1.82, 2.24) is 10.2 Å². The third-order valence-corrected chi connectivity index (χ3v) is 4.19. The number of benzene rings is 1. The number of rotatable bonds is 1. The molecule has 2 nitrogen and oxygen atoms in total. The quantitative estimate of drug-likeness (QED) is 0.819. The van der Waals surface area contributed by atoms with Gasteiger partial charge in [0, 0.05) is 19.1 Å². The molecule has 0 aliphatic carbocycles. The molecular weight excluding hydrogens is 220 g/mol. The molecule has 2 unspecified atom stereocenters. The molecular formula is C16H26N2. The average molecular weight is 246 g/mol. The van der Waals surface area contributed by atoms with E-state index in [1.54, 1.807) is 0 Å². The van der Waals surface area contributed by atoms with Crippen LogP contribution in [-0.4, -0.2) is 31.1 Å². The van der Waals surface area contributed by atoms with Crippen LogP contribution >= 0.6 is 0 Å². The minimum Gasteiger partial charge on any atom is -0.305 e. The Morgan fingerprint density at radius 1 is 1.22 bits per heavy atom. The first-order chi connectivity index (χ1) is 8.33. The summed E-state index contributed by atoms with van der Waals surface area (Å²) < 4.78 is 0. The molecule has 1 heterocycles. The van der Waals surface area contributed by atoms with Crippen molar-refractivity contribution in [3.8, 4) is 0 Å². The van der Waals surface area contributed by atoms with Crippen LogP contribution in [0, 0.1) is 5.41 Å². The van der Waals surface area contributed by atoms with E-state index in [4.69, 9.17) is 0 Å². The lowest BCUT2D eigenvalue weighted by molar-refractivity contribution is 0.0472. The Kier molecular flexibility index (Phi) is 3.52. The van der Waals surface area contributed by atoms with Gasteiger partial charge in [0.25, 0.3) is 0 Å². The van der Waals surface area contributed by atoms with Crippen LogP contribution in [0.1, 0.15) is 33.3 Å². The molecule has 0 spiro atoms. The first kappa shape index (κ1) is 13.6. The maximum absolute atomic E-state index is 3.76. The second-order valence-electron chi connectivity index (χ2n) is 6.88. The Morgan fingerprint density at radius 2 is 1.83 bits per heavy atom. The molecule has 0 bridgehead atoms. The highest BCUT2D eigenvalue weighted by atomic mass is 15.2. The van der Waals surface area contributed by atoms with E-state index in [-0.39, 0.29) is 5.54 Å². The minimum absolute atomic E-state index is 0.0672. The van der Waals surface area contributed by atoms with Crippen LogP contribution in [0.3, 0.4) is 0 Å². The summed E-state index contributed by atoms with van der Waals surface area (Å²) in [7, 11) is 2.25. The summed E-state index contributed by atoms with van der Waals surface area (Å²) >= 11 is 0. The maximum Gasteiger partial charge on any atom is 0.0535 e. The van der Waals surface area contributed by atoms with E-state index < -0.39 is 0 Å². The van der Waals surface area contributed by atoms with Gasteiger partial charge in [-0.3, -0.25) is 4.90 Å². The Balaban J connectivity index is 2.17. The molecule has 1 fully saturated rings. The molecule has 0 aromatic heterocycles. The van der Waals surface area contributed by atoms with Crippen LogP contribution < -0.4 is 5.32 Å². The Morgan fingerprint density at radius 3 is 2.33 bits per heavy atom. The zero-order chi connectivity index (χ0) is 13.4. The van der Waals surface area contributed by atoms with Crippen molar-refractivity contribution >= 4 is 0 Å². The lowest BCUT2D eigenvalue weighted by Gasteiger charge is -2.49. The normalized spacial score (nSPS) is 30.4. The van der Waals surface area contributed by atoms with E-state index in [1.807, 2.05) is 0 Å². The van der Waals surface area contributed by atoms with Gasteiger partial charge < -0.3 is 5.32 Å². The standard InChI is InChI=1S/C16H26N2/c1-15(2,3)14-11-17-16(4,12-18(14)5)13-9-7-6-8-10-13/h6-10,14,17H,11-12H2,1-5H3. The van der Waals surface area contributed by atoms with Crippen molar-refractivity contribution in [3.05, 3.63) is 35.9 Å². The highest BCUT2D eigenvalue weighted by Crippen LogP contribution is 2.31. The van der Waals surface area contributed by atoms with Crippen LogP contribution in [0.2, 0.25) is 0 Å². The molecule has 0 saturated carbocycles. The monoisotopic (exact) mass is 246 g/mol. The van der Waals surface area contributed by atoms with E-state index in [9.17, 15) is 0 Å². The topological polar surface area (TPSA) is 15.3 Å². The fourth-order valence-corrected chi connectivity index (χ4v) is 3.11. The smallest absolute Gasteiger partial charge is 0.0535 e. The Labute approximate surface area is 111 Å². The molecule has 1 aliphatic heterocycles. The highest BCUT2D eigenvalue weighted by Gasteiger charge is 2.39. The van der Waals surface area contributed by atoms with Gasteiger partial charge in [-0.1, -0.05) is 51.1 Å². The van der Waals surface area contributed by atoms with Crippen molar-refractivity contribution in [1.29, 1.82) is 0 Å². The molecule has 100 valence electrons. The van der Waals surface area contributed by atoms with E-state index in [1.165, 1.54) is 5.56 Å². The van der Waals surface area contributed by atoms with Gasteiger partial charge in [0.05, 0.1) is 5.54 Å². The fourth-order valence-electron chi connectivity index (χ4n) is 3.11. The van der Waals surface area contributed by atoms with Gasteiger partial charge in [-0.05, 0) is 24.9 Å². The lowest BCUT2D eigenvalue weighted by Crippen LogP contribution is -2.63. The van der Waals surface area contributed by atoms with Crippen molar-refractivity contribution < 1.29 is 0 Å². The van der Waals surface area contributed by atoms with Crippen molar-refractivity contribution in [3.63, 3.8) is 0 Å². The van der Waals surface area contributed by atoms with E-state index in [2.05, 4.69) is 75.3 Å². The van der Waals surface area contributed by atoms with E-state index >= 15 is 0 Å². The van der Waals surface area contributed by atoms with E-state index in [0.29, 0.717) is 11.5 Å². The van der Waals surface area contributed by atoms with Gasteiger partial charge in [0.15, 0.2) is 0 Å². The van der Waals surface area contributed by atoms with Crippen LogP contribution in [0.25, 0.3) is 0 Å². The zero-order valence-corrected chi connectivity index (χ0v) is 12.3. The molecule has 1 aliphatic rings. The van der Waals surface area contributed by atoms with Crippen LogP contribution in [0.4, 0.5) is 0 Å². The van der Waals surface area contributed by atoms with Gasteiger partial charge in [-0.2, -0.15) is 0 Å². The molecule has 1 aromatic carbocycles. The van der Waals surface area contributed by atoms with Crippen molar-refractivity contribution in [2.75, 3.05) is 20.1 Å².